The molecule has 2 aliphatic heterocycles. The lowest BCUT2D eigenvalue weighted by molar-refractivity contribution is -0.131. The smallest absolute Gasteiger partial charge is 0.274 e. The van der Waals surface area contributed by atoms with Crippen LogP contribution in [0.2, 0.25) is 0 Å². The molecule has 0 radical (unpaired) electrons. The normalized spacial score (nSPS) is 16.6. The molecule has 29 heavy (non-hydrogen) atoms. The van der Waals surface area contributed by atoms with Gasteiger partial charge in [-0.05, 0) is 25.0 Å². The van der Waals surface area contributed by atoms with Crippen molar-refractivity contribution in [3.63, 3.8) is 0 Å². The summed E-state index contributed by atoms with van der Waals surface area (Å²) in [6.45, 7) is 3.66. The summed E-state index contributed by atoms with van der Waals surface area (Å²) in [6, 6.07) is 2.91. The zero-order valence-corrected chi connectivity index (χ0v) is 16.7. The molecule has 0 bridgehead atoms. The minimum atomic E-state index is -0.565. The number of hydrogen-bond donors (Lipinski definition) is 3. The van der Waals surface area contributed by atoms with Crippen LogP contribution in [0.15, 0.2) is 18.3 Å². The predicted molar refractivity (Wildman–Crippen MR) is 106 cm³/mol. The molecule has 0 saturated carbocycles. The Hall–Kier alpha value is -2.72. The van der Waals surface area contributed by atoms with Crippen LogP contribution < -0.4 is 10.6 Å². The zero-order chi connectivity index (χ0) is 19.5. The van der Waals surface area contributed by atoms with E-state index in [1.807, 2.05) is 0 Å². The van der Waals surface area contributed by atoms with Crippen molar-refractivity contribution in [1.29, 1.82) is 0 Å². The van der Waals surface area contributed by atoms with Gasteiger partial charge in [0.15, 0.2) is 5.69 Å². The first kappa shape index (κ1) is 21.0. The maximum atomic E-state index is 12.4. The number of halogens is 1. The van der Waals surface area contributed by atoms with Gasteiger partial charge in [-0.15, -0.1) is 22.6 Å². The fourth-order valence-electron chi connectivity index (χ4n) is 3.73. The molecular weight excluding hydrogens is 398 g/mol. The molecule has 10 nitrogen and oxygen atoms in total. The summed E-state index contributed by atoms with van der Waals surface area (Å²) in [5.41, 5.74) is -0.0833. The van der Waals surface area contributed by atoms with Crippen molar-refractivity contribution in [3.8, 4) is 5.75 Å². The molecule has 2 aromatic rings. The highest BCUT2D eigenvalue weighted by atomic mass is 35.5. The molecule has 4 rings (SSSR count). The van der Waals surface area contributed by atoms with E-state index in [9.17, 15) is 14.7 Å². The Morgan fingerprint density at radius 1 is 1.24 bits per heavy atom. The largest absolute Gasteiger partial charge is 0.505 e. The lowest BCUT2D eigenvalue weighted by Crippen LogP contribution is -2.44. The minimum Gasteiger partial charge on any atom is -0.505 e. The molecule has 4 heterocycles. The van der Waals surface area contributed by atoms with Gasteiger partial charge in [-0.2, -0.15) is 0 Å². The Balaban J connectivity index is 0.00000240. The van der Waals surface area contributed by atoms with E-state index in [1.54, 1.807) is 4.90 Å². The summed E-state index contributed by atoms with van der Waals surface area (Å²) in [4.78, 5) is 30.1. The first-order valence-corrected chi connectivity index (χ1v) is 9.46. The van der Waals surface area contributed by atoms with Crippen molar-refractivity contribution in [3.05, 3.63) is 35.7 Å². The number of carbonyl (C=O) groups excluding carboxylic acids is 2. The van der Waals surface area contributed by atoms with Crippen molar-refractivity contribution >= 4 is 24.2 Å². The standard InChI is InChI=1S/C18H23N7O3.ClH/c26-13-2-1-5-20-16(13)18(28)21-11-15(27)24-7-3-12(4-8-24)17-23-22-14-10-19-6-9-25(14)17;/h1-2,5,12,19,26H,3-4,6-11H2,(H,21,28);1H. The Morgan fingerprint density at radius 3 is 2.79 bits per heavy atom. The van der Waals surface area contributed by atoms with Crippen LogP contribution in [0.25, 0.3) is 0 Å². The van der Waals surface area contributed by atoms with E-state index < -0.39 is 5.91 Å². The lowest BCUT2D eigenvalue weighted by Gasteiger charge is -2.32. The average Bonchev–Trinajstić information content (AvgIpc) is 3.16. The van der Waals surface area contributed by atoms with Gasteiger partial charge in [0, 0.05) is 38.3 Å². The first-order chi connectivity index (χ1) is 13.6. The molecule has 2 aliphatic rings. The van der Waals surface area contributed by atoms with Gasteiger partial charge < -0.3 is 25.2 Å². The summed E-state index contributed by atoms with van der Waals surface area (Å²) < 4.78 is 2.19. The van der Waals surface area contributed by atoms with Crippen LogP contribution in [0, 0.1) is 0 Å². The van der Waals surface area contributed by atoms with E-state index in [1.165, 1.54) is 18.3 Å². The fourth-order valence-corrected chi connectivity index (χ4v) is 3.73. The second-order valence-corrected chi connectivity index (χ2v) is 7.01. The molecular formula is C18H24ClN7O3. The van der Waals surface area contributed by atoms with Crippen molar-refractivity contribution < 1.29 is 14.7 Å². The monoisotopic (exact) mass is 421 g/mol. The Morgan fingerprint density at radius 2 is 2.03 bits per heavy atom. The van der Waals surface area contributed by atoms with Gasteiger partial charge in [0.2, 0.25) is 5.91 Å². The molecule has 0 atom stereocenters. The third kappa shape index (κ3) is 4.48. The number of aromatic nitrogens is 4. The van der Waals surface area contributed by atoms with E-state index in [4.69, 9.17) is 0 Å². The third-order valence-electron chi connectivity index (χ3n) is 5.27. The van der Waals surface area contributed by atoms with Crippen molar-refractivity contribution in [2.45, 2.75) is 31.8 Å². The van der Waals surface area contributed by atoms with Gasteiger partial charge in [0.05, 0.1) is 13.1 Å². The summed E-state index contributed by atoms with van der Waals surface area (Å²) in [6.07, 6.45) is 3.07. The second-order valence-electron chi connectivity index (χ2n) is 7.01. The average molecular weight is 422 g/mol. The Kier molecular flexibility index (Phi) is 6.65. The summed E-state index contributed by atoms with van der Waals surface area (Å²) in [5, 5.41) is 24.1. The minimum absolute atomic E-state index is 0. The van der Waals surface area contributed by atoms with E-state index >= 15 is 0 Å². The summed E-state index contributed by atoms with van der Waals surface area (Å²) >= 11 is 0. The maximum Gasteiger partial charge on any atom is 0.274 e. The summed E-state index contributed by atoms with van der Waals surface area (Å²) in [7, 11) is 0. The number of aromatic hydroxyl groups is 1. The molecule has 0 aromatic carbocycles. The van der Waals surface area contributed by atoms with Crippen molar-refractivity contribution in [2.24, 2.45) is 0 Å². The molecule has 1 fully saturated rings. The zero-order valence-electron chi connectivity index (χ0n) is 15.9. The highest BCUT2D eigenvalue weighted by molar-refractivity contribution is 5.96. The molecule has 2 aromatic heterocycles. The van der Waals surface area contributed by atoms with Gasteiger partial charge in [-0.3, -0.25) is 9.59 Å². The number of amides is 2. The van der Waals surface area contributed by atoms with E-state index in [-0.39, 0.29) is 36.3 Å². The van der Waals surface area contributed by atoms with Crippen LogP contribution in [0.4, 0.5) is 0 Å². The molecule has 0 spiro atoms. The SMILES string of the molecule is Cl.O=C(NCC(=O)N1CCC(c2nnc3n2CCNC3)CC1)c1ncccc1O. The van der Waals surface area contributed by atoms with Crippen molar-refractivity contribution in [2.75, 3.05) is 26.2 Å². The predicted octanol–water partition coefficient (Wildman–Crippen LogP) is 0.0397. The molecule has 0 aliphatic carbocycles. The van der Waals surface area contributed by atoms with Gasteiger partial charge in [0.1, 0.15) is 17.4 Å². The lowest BCUT2D eigenvalue weighted by atomic mass is 9.95. The molecule has 3 N–H and O–H groups in total. The number of likely N-dealkylation sites (tertiary alicyclic amines) is 1. The van der Waals surface area contributed by atoms with Gasteiger partial charge in [0.25, 0.3) is 5.91 Å². The highest BCUT2D eigenvalue weighted by Gasteiger charge is 2.29. The first-order valence-electron chi connectivity index (χ1n) is 9.46. The number of nitrogens with zero attached hydrogens (tertiary/aromatic N) is 5. The number of nitrogens with one attached hydrogen (secondary N) is 2. The van der Waals surface area contributed by atoms with Crippen LogP contribution in [0.5, 0.6) is 5.75 Å². The van der Waals surface area contributed by atoms with Gasteiger partial charge in [-0.1, -0.05) is 0 Å². The van der Waals surface area contributed by atoms with E-state index in [0.717, 1.165) is 44.1 Å². The van der Waals surface area contributed by atoms with Crippen LogP contribution in [-0.4, -0.2) is 67.7 Å². The van der Waals surface area contributed by atoms with E-state index in [0.29, 0.717) is 19.0 Å². The molecule has 2 amide bonds. The molecule has 156 valence electrons. The second kappa shape index (κ2) is 9.19. The topological polar surface area (TPSA) is 125 Å². The van der Waals surface area contributed by atoms with Gasteiger partial charge >= 0.3 is 0 Å². The summed E-state index contributed by atoms with van der Waals surface area (Å²) in [5.74, 6) is 1.37. The number of pyridine rings is 1. The Bertz CT molecular complexity index is 880. The quantitative estimate of drug-likeness (QED) is 0.636. The van der Waals surface area contributed by atoms with Crippen LogP contribution in [0.1, 0.15) is 40.9 Å². The number of fused-ring (bicyclic) bond motifs is 1. The number of hydrogen-bond acceptors (Lipinski definition) is 7. The van der Waals surface area contributed by atoms with Crippen LogP contribution >= 0.6 is 12.4 Å². The van der Waals surface area contributed by atoms with Crippen molar-refractivity contribution in [1.82, 2.24) is 35.3 Å². The number of rotatable bonds is 4. The Labute approximate surface area is 174 Å². The van der Waals surface area contributed by atoms with Gasteiger partial charge in [-0.25, -0.2) is 4.98 Å². The third-order valence-corrected chi connectivity index (χ3v) is 5.27. The fraction of sp³-hybridized carbons (Fsp3) is 0.500. The number of piperidine rings is 1. The van der Waals surface area contributed by atoms with E-state index in [2.05, 4.69) is 30.4 Å². The molecule has 11 heteroatoms. The molecule has 1 saturated heterocycles. The maximum absolute atomic E-state index is 12.4. The number of carbonyl (C=O) groups is 2. The van der Waals surface area contributed by atoms with Crippen LogP contribution in [0.3, 0.4) is 0 Å². The molecule has 0 unspecified atom stereocenters. The highest BCUT2D eigenvalue weighted by Crippen LogP contribution is 2.27. The van der Waals surface area contributed by atoms with Crippen LogP contribution in [-0.2, 0) is 17.9 Å².